The van der Waals surface area contributed by atoms with E-state index in [-0.39, 0.29) is 17.7 Å². The summed E-state index contributed by atoms with van der Waals surface area (Å²) in [5.74, 6) is -0.441. The molecular weight excluding hydrogens is 391 g/mol. The van der Waals surface area contributed by atoms with Gasteiger partial charge in [0.15, 0.2) is 17.7 Å². The Morgan fingerprint density at radius 1 is 0.871 bits per heavy atom. The second kappa shape index (κ2) is 9.75. The smallest absolute Gasteiger partial charge is 0.263 e. The number of halogens is 1. The van der Waals surface area contributed by atoms with Crippen LogP contribution in [0.4, 0.5) is 4.39 Å². The van der Waals surface area contributed by atoms with E-state index in [0.29, 0.717) is 13.1 Å². The van der Waals surface area contributed by atoms with Gasteiger partial charge < -0.3 is 14.5 Å². The fourth-order valence-corrected chi connectivity index (χ4v) is 4.30. The Balaban J connectivity index is 1.43. The van der Waals surface area contributed by atoms with Gasteiger partial charge in [-0.05, 0) is 19.1 Å². The van der Waals surface area contributed by atoms with Gasteiger partial charge in [-0.15, -0.1) is 0 Å². The molecule has 1 aliphatic rings. The van der Waals surface area contributed by atoms with E-state index in [9.17, 15) is 9.18 Å². The lowest BCUT2D eigenvalue weighted by atomic mass is 9.96. The summed E-state index contributed by atoms with van der Waals surface area (Å²) in [5.41, 5.74) is 2.56. The van der Waals surface area contributed by atoms with Crippen molar-refractivity contribution >= 4 is 5.91 Å². The van der Waals surface area contributed by atoms with Gasteiger partial charge in [0.25, 0.3) is 5.91 Å². The summed E-state index contributed by atoms with van der Waals surface area (Å²) in [5, 5.41) is 0. The maximum absolute atomic E-state index is 13.9. The Bertz CT molecular complexity index is 949. The van der Waals surface area contributed by atoms with Crippen molar-refractivity contribution in [2.24, 2.45) is 0 Å². The summed E-state index contributed by atoms with van der Waals surface area (Å²) in [4.78, 5) is 16.2. The fraction of sp³-hybridized carbons (Fsp3) is 0.269. The average molecular weight is 420 g/mol. The maximum Gasteiger partial charge on any atom is 0.263 e. The summed E-state index contributed by atoms with van der Waals surface area (Å²) in [6.45, 7) is 4.66. The third kappa shape index (κ3) is 4.94. The zero-order valence-electron chi connectivity index (χ0n) is 17.7. The number of nitrogens with zero attached hydrogens (tertiary/aromatic N) is 1. The summed E-state index contributed by atoms with van der Waals surface area (Å²) in [7, 11) is 0. The van der Waals surface area contributed by atoms with Crippen LogP contribution in [-0.4, -0.2) is 43.1 Å². The average Bonchev–Trinajstić information content (AvgIpc) is 2.82. The molecule has 0 bridgehead atoms. The first-order valence-corrected chi connectivity index (χ1v) is 10.8. The summed E-state index contributed by atoms with van der Waals surface area (Å²) in [6, 6.07) is 27.5. The molecule has 3 aromatic rings. The molecule has 1 aliphatic heterocycles. The molecule has 1 saturated heterocycles. The number of carbonyl (C=O) groups excluding carboxylic acids is 1. The van der Waals surface area contributed by atoms with Crippen LogP contribution in [0.1, 0.15) is 24.1 Å². The van der Waals surface area contributed by atoms with E-state index in [1.54, 1.807) is 25.1 Å². The number of ether oxygens (including phenoxy) is 1. The van der Waals surface area contributed by atoms with Crippen LogP contribution < -0.4 is 9.64 Å². The molecule has 0 unspecified atom stereocenters. The molecule has 0 radical (unpaired) electrons. The monoisotopic (exact) mass is 419 g/mol. The van der Waals surface area contributed by atoms with Gasteiger partial charge in [0.2, 0.25) is 0 Å². The van der Waals surface area contributed by atoms with Crippen LogP contribution in [-0.2, 0) is 4.79 Å². The van der Waals surface area contributed by atoms with Gasteiger partial charge in [-0.25, -0.2) is 4.39 Å². The number of rotatable bonds is 6. The van der Waals surface area contributed by atoms with E-state index >= 15 is 0 Å². The summed E-state index contributed by atoms with van der Waals surface area (Å²) >= 11 is 0. The van der Waals surface area contributed by atoms with Crippen molar-refractivity contribution in [1.29, 1.82) is 0 Å². The highest BCUT2D eigenvalue weighted by Crippen LogP contribution is 2.20. The van der Waals surface area contributed by atoms with Crippen LogP contribution in [0.15, 0.2) is 84.9 Å². The van der Waals surface area contributed by atoms with Crippen molar-refractivity contribution in [2.45, 2.75) is 19.1 Å². The van der Waals surface area contributed by atoms with Crippen molar-refractivity contribution < 1.29 is 18.8 Å². The highest BCUT2D eigenvalue weighted by molar-refractivity contribution is 5.81. The van der Waals surface area contributed by atoms with Crippen LogP contribution in [0.5, 0.6) is 5.75 Å². The molecule has 0 saturated carbocycles. The third-order valence-electron chi connectivity index (χ3n) is 5.88. The maximum atomic E-state index is 13.9. The van der Waals surface area contributed by atoms with Crippen molar-refractivity contribution in [3.05, 3.63) is 102 Å². The molecule has 1 atom stereocenters. The van der Waals surface area contributed by atoms with Gasteiger partial charge in [-0.1, -0.05) is 72.8 Å². The van der Waals surface area contributed by atoms with Crippen LogP contribution in [0, 0.1) is 5.82 Å². The van der Waals surface area contributed by atoms with Crippen molar-refractivity contribution in [2.75, 3.05) is 26.2 Å². The summed E-state index contributed by atoms with van der Waals surface area (Å²) in [6.07, 6.45) is -0.725. The molecule has 0 spiro atoms. The molecule has 1 heterocycles. The quantitative estimate of drug-likeness (QED) is 0.666. The Hall–Kier alpha value is -3.18. The minimum Gasteiger partial charge on any atom is -0.478 e. The standard InChI is InChI=1S/C26H27FN2O2/c1-20(31-24-15-9-8-14-23(24)27)26(30)29-18-16-28(17-19-29)25(21-10-4-2-5-11-21)22-12-6-3-7-13-22/h2-15,20,25H,16-19H2,1H3/p+1/t20-/m0/s1. The van der Waals surface area contributed by atoms with E-state index in [1.807, 2.05) is 17.0 Å². The third-order valence-corrected chi connectivity index (χ3v) is 5.88. The van der Waals surface area contributed by atoms with Crippen molar-refractivity contribution in [1.82, 2.24) is 4.90 Å². The lowest BCUT2D eigenvalue weighted by molar-refractivity contribution is -0.929. The second-order valence-electron chi connectivity index (χ2n) is 7.93. The zero-order chi connectivity index (χ0) is 21.6. The molecule has 0 aromatic heterocycles. The van der Waals surface area contributed by atoms with E-state index in [0.717, 1.165) is 13.1 Å². The van der Waals surface area contributed by atoms with Crippen molar-refractivity contribution in [3.8, 4) is 5.75 Å². The number of benzene rings is 3. The lowest BCUT2D eigenvalue weighted by Crippen LogP contribution is -3.15. The Kier molecular flexibility index (Phi) is 6.63. The first kappa shape index (κ1) is 21.1. The predicted octanol–water partition coefficient (Wildman–Crippen LogP) is 3.11. The first-order chi connectivity index (χ1) is 15.1. The fourth-order valence-electron chi connectivity index (χ4n) is 4.30. The molecular formula is C26H28FN2O2+. The van der Waals surface area contributed by atoms with Gasteiger partial charge in [0.05, 0.1) is 26.2 Å². The summed E-state index contributed by atoms with van der Waals surface area (Å²) < 4.78 is 19.5. The van der Waals surface area contributed by atoms with Crippen LogP contribution in [0.25, 0.3) is 0 Å². The SMILES string of the molecule is C[C@H](Oc1ccccc1F)C(=O)N1CC[NH+](C(c2ccccc2)c2ccccc2)CC1. The molecule has 4 rings (SSSR count). The van der Waals surface area contributed by atoms with Crippen LogP contribution in [0.2, 0.25) is 0 Å². The topological polar surface area (TPSA) is 34.0 Å². The van der Waals surface area contributed by atoms with Crippen LogP contribution >= 0.6 is 0 Å². The normalized spacial score (nSPS) is 15.6. The minimum absolute atomic E-state index is 0.0988. The number of nitrogens with one attached hydrogen (secondary N) is 1. The Labute approximate surface area is 182 Å². The van der Waals surface area contributed by atoms with Gasteiger partial charge in [0, 0.05) is 11.1 Å². The van der Waals surface area contributed by atoms with E-state index in [1.165, 1.54) is 22.1 Å². The van der Waals surface area contributed by atoms with Gasteiger partial charge in [-0.3, -0.25) is 4.79 Å². The zero-order valence-corrected chi connectivity index (χ0v) is 17.7. The number of amides is 1. The first-order valence-electron chi connectivity index (χ1n) is 10.8. The minimum atomic E-state index is -0.725. The highest BCUT2D eigenvalue weighted by atomic mass is 19.1. The molecule has 3 aromatic carbocycles. The number of carbonyl (C=O) groups is 1. The van der Waals surface area contributed by atoms with Crippen molar-refractivity contribution in [3.63, 3.8) is 0 Å². The number of hydrogen-bond donors (Lipinski definition) is 1. The number of quaternary nitrogens is 1. The number of piperazine rings is 1. The second-order valence-corrected chi connectivity index (χ2v) is 7.93. The van der Waals surface area contributed by atoms with Gasteiger partial charge in [-0.2, -0.15) is 0 Å². The molecule has 1 amide bonds. The van der Waals surface area contributed by atoms with Gasteiger partial charge >= 0.3 is 0 Å². The molecule has 1 N–H and O–H groups in total. The lowest BCUT2D eigenvalue weighted by Gasteiger charge is -2.37. The Morgan fingerprint density at radius 2 is 1.39 bits per heavy atom. The number of hydrogen-bond acceptors (Lipinski definition) is 2. The Morgan fingerprint density at radius 3 is 1.94 bits per heavy atom. The largest absolute Gasteiger partial charge is 0.478 e. The van der Waals surface area contributed by atoms with E-state index in [4.69, 9.17) is 4.74 Å². The highest BCUT2D eigenvalue weighted by Gasteiger charge is 2.33. The van der Waals surface area contributed by atoms with Crippen LogP contribution in [0.3, 0.4) is 0 Å². The van der Waals surface area contributed by atoms with E-state index in [2.05, 4.69) is 48.5 Å². The molecule has 4 nitrogen and oxygen atoms in total. The predicted molar refractivity (Wildman–Crippen MR) is 118 cm³/mol. The number of para-hydroxylation sites is 1. The molecule has 160 valence electrons. The molecule has 0 aliphatic carbocycles. The molecule has 5 heteroatoms. The van der Waals surface area contributed by atoms with E-state index < -0.39 is 11.9 Å². The molecule has 1 fully saturated rings. The van der Waals surface area contributed by atoms with Gasteiger partial charge in [0.1, 0.15) is 6.04 Å². The molecule has 31 heavy (non-hydrogen) atoms.